The van der Waals surface area contributed by atoms with Crippen LogP contribution in [-0.4, -0.2) is 25.0 Å². The molecule has 1 atom stereocenters. The Kier molecular flexibility index (Phi) is 3.16. The Labute approximate surface area is 87.5 Å². The van der Waals surface area contributed by atoms with Crippen LogP contribution < -0.4 is 10.6 Å². The van der Waals surface area contributed by atoms with Crippen LogP contribution in [-0.2, 0) is 0 Å². The number of carbonyl (C=O) groups is 1. The van der Waals surface area contributed by atoms with Crippen LogP contribution in [0.2, 0.25) is 0 Å². The van der Waals surface area contributed by atoms with Crippen LogP contribution in [0.1, 0.15) is 22.5 Å². The molecule has 1 fully saturated rings. The summed E-state index contributed by atoms with van der Waals surface area (Å²) in [5, 5.41) is 8.23. The molecule has 0 spiro atoms. The lowest BCUT2D eigenvalue weighted by Crippen LogP contribution is -2.45. The van der Waals surface area contributed by atoms with Crippen LogP contribution in [0.4, 0.5) is 0 Å². The van der Waals surface area contributed by atoms with Crippen LogP contribution in [0.15, 0.2) is 17.5 Å². The van der Waals surface area contributed by atoms with Gasteiger partial charge in [0.15, 0.2) is 0 Å². The maximum Gasteiger partial charge on any atom is 0.261 e. The number of carbonyl (C=O) groups excluding carboxylic acids is 1. The maximum absolute atomic E-state index is 11.6. The van der Waals surface area contributed by atoms with Gasteiger partial charge < -0.3 is 10.6 Å². The standard InChI is InChI=1S/C10H14N2OS/c13-10(9-4-2-6-14-9)12-8-3-1-5-11-7-8/h2,4,6,8,11H,1,3,5,7H2,(H,12,13)/t8-/m0/s1. The van der Waals surface area contributed by atoms with E-state index in [-0.39, 0.29) is 5.91 Å². The van der Waals surface area contributed by atoms with Crippen LogP contribution >= 0.6 is 11.3 Å². The predicted octanol–water partition coefficient (Wildman–Crippen LogP) is 1.23. The highest BCUT2D eigenvalue weighted by Gasteiger charge is 2.16. The van der Waals surface area contributed by atoms with E-state index < -0.39 is 0 Å². The number of rotatable bonds is 2. The van der Waals surface area contributed by atoms with Crippen molar-refractivity contribution in [3.63, 3.8) is 0 Å². The van der Waals surface area contributed by atoms with E-state index in [1.165, 1.54) is 11.3 Å². The minimum absolute atomic E-state index is 0.0636. The molecule has 4 heteroatoms. The summed E-state index contributed by atoms with van der Waals surface area (Å²) in [6.07, 6.45) is 2.24. The molecule has 1 aromatic rings. The zero-order chi connectivity index (χ0) is 9.80. The largest absolute Gasteiger partial charge is 0.347 e. The van der Waals surface area contributed by atoms with Crippen LogP contribution in [0, 0.1) is 0 Å². The molecule has 76 valence electrons. The molecular formula is C10H14N2OS. The summed E-state index contributed by atoms with van der Waals surface area (Å²) >= 11 is 1.49. The normalized spacial score (nSPS) is 21.9. The van der Waals surface area contributed by atoms with Crippen LogP contribution in [0.3, 0.4) is 0 Å². The summed E-state index contributed by atoms with van der Waals surface area (Å²) in [5.41, 5.74) is 0. The molecule has 14 heavy (non-hydrogen) atoms. The Balaban J connectivity index is 1.87. The number of amides is 1. The van der Waals surface area contributed by atoms with Gasteiger partial charge in [-0.25, -0.2) is 0 Å². The van der Waals surface area contributed by atoms with Crippen molar-refractivity contribution in [3.05, 3.63) is 22.4 Å². The van der Waals surface area contributed by atoms with Gasteiger partial charge in [-0.3, -0.25) is 4.79 Å². The van der Waals surface area contributed by atoms with Crippen molar-refractivity contribution in [1.82, 2.24) is 10.6 Å². The maximum atomic E-state index is 11.6. The number of thiophene rings is 1. The fourth-order valence-corrected chi connectivity index (χ4v) is 2.27. The SMILES string of the molecule is O=C(N[C@H]1CCCNC1)c1cccs1. The van der Waals surface area contributed by atoms with Gasteiger partial charge in [0.1, 0.15) is 0 Å². The average molecular weight is 210 g/mol. The molecule has 0 radical (unpaired) electrons. The average Bonchev–Trinajstić information content (AvgIpc) is 2.72. The highest BCUT2D eigenvalue weighted by Crippen LogP contribution is 2.09. The van der Waals surface area contributed by atoms with E-state index in [4.69, 9.17) is 0 Å². The molecule has 2 N–H and O–H groups in total. The van der Waals surface area contributed by atoms with Crippen LogP contribution in [0.25, 0.3) is 0 Å². The van der Waals surface area contributed by atoms with Gasteiger partial charge in [0.05, 0.1) is 4.88 Å². The Bertz CT molecular complexity index is 291. The second-order valence-electron chi connectivity index (χ2n) is 3.49. The topological polar surface area (TPSA) is 41.1 Å². The lowest BCUT2D eigenvalue weighted by molar-refractivity contribution is 0.0935. The summed E-state index contributed by atoms with van der Waals surface area (Å²) in [5.74, 6) is 0.0636. The highest BCUT2D eigenvalue weighted by atomic mass is 32.1. The zero-order valence-electron chi connectivity index (χ0n) is 7.95. The zero-order valence-corrected chi connectivity index (χ0v) is 8.77. The number of hydrogen-bond acceptors (Lipinski definition) is 3. The molecule has 1 amide bonds. The quantitative estimate of drug-likeness (QED) is 0.771. The van der Waals surface area contributed by atoms with E-state index in [0.717, 1.165) is 30.8 Å². The first-order valence-corrected chi connectivity index (χ1v) is 5.79. The van der Waals surface area contributed by atoms with Gasteiger partial charge >= 0.3 is 0 Å². The van der Waals surface area contributed by atoms with E-state index >= 15 is 0 Å². The molecule has 1 aromatic heterocycles. The summed E-state index contributed by atoms with van der Waals surface area (Å²) < 4.78 is 0. The monoisotopic (exact) mass is 210 g/mol. The molecule has 3 nitrogen and oxygen atoms in total. The third kappa shape index (κ3) is 2.33. The molecule has 1 aliphatic rings. The molecular weight excluding hydrogens is 196 g/mol. The van der Waals surface area contributed by atoms with Crippen molar-refractivity contribution < 1.29 is 4.79 Å². The van der Waals surface area contributed by atoms with Gasteiger partial charge in [0, 0.05) is 12.6 Å². The summed E-state index contributed by atoms with van der Waals surface area (Å²) in [6, 6.07) is 4.06. The van der Waals surface area contributed by atoms with Crippen molar-refractivity contribution in [2.75, 3.05) is 13.1 Å². The summed E-state index contributed by atoms with van der Waals surface area (Å²) in [4.78, 5) is 12.4. The van der Waals surface area contributed by atoms with Crippen molar-refractivity contribution in [2.24, 2.45) is 0 Å². The second kappa shape index (κ2) is 4.57. The molecule has 0 aromatic carbocycles. The fourth-order valence-electron chi connectivity index (χ4n) is 1.64. The fraction of sp³-hybridized carbons (Fsp3) is 0.500. The Morgan fingerprint density at radius 1 is 1.64 bits per heavy atom. The van der Waals surface area contributed by atoms with Crippen molar-refractivity contribution >= 4 is 17.2 Å². The third-order valence-electron chi connectivity index (χ3n) is 2.38. The molecule has 0 bridgehead atoms. The minimum atomic E-state index is 0.0636. The lowest BCUT2D eigenvalue weighted by Gasteiger charge is -2.23. The lowest BCUT2D eigenvalue weighted by atomic mass is 10.1. The Morgan fingerprint density at radius 3 is 3.21 bits per heavy atom. The third-order valence-corrected chi connectivity index (χ3v) is 3.25. The molecule has 2 heterocycles. The van der Waals surface area contributed by atoms with Gasteiger partial charge in [0.25, 0.3) is 5.91 Å². The summed E-state index contributed by atoms with van der Waals surface area (Å²) in [6.45, 7) is 1.97. The Morgan fingerprint density at radius 2 is 2.57 bits per heavy atom. The first-order valence-electron chi connectivity index (χ1n) is 4.91. The first kappa shape index (κ1) is 9.68. The molecule has 0 saturated carbocycles. The van der Waals surface area contributed by atoms with Gasteiger partial charge in [-0.05, 0) is 30.8 Å². The molecule has 0 unspecified atom stereocenters. The van der Waals surface area contributed by atoms with Gasteiger partial charge in [0.2, 0.25) is 0 Å². The molecule has 1 aliphatic heterocycles. The first-order chi connectivity index (χ1) is 6.86. The second-order valence-corrected chi connectivity index (χ2v) is 4.44. The predicted molar refractivity (Wildman–Crippen MR) is 57.7 cm³/mol. The molecule has 2 rings (SSSR count). The van der Waals surface area contributed by atoms with Crippen molar-refractivity contribution in [3.8, 4) is 0 Å². The van der Waals surface area contributed by atoms with Gasteiger partial charge in [-0.2, -0.15) is 0 Å². The van der Waals surface area contributed by atoms with E-state index in [2.05, 4.69) is 10.6 Å². The molecule has 0 aliphatic carbocycles. The molecule has 1 saturated heterocycles. The number of piperidine rings is 1. The van der Waals surface area contributed by atoms with E-state index in [0.29, 0.717) is 6.04 Å². The van der Waals surface area contributed by atoms with Crippen molar-refractivity contribution in [1.29, 1.82) is 0 Å². The minimum Gasteiger partial charge on any atom is -0.347 e. The highest BCUT2D eigenvalue weighted by molar-refractivity contribution is 7.12. The van der Waals surface area contributed by atoms with E-state index in [9.17, 15) is 4.79 Å². The number of nitrogens with one attached hydrogen (secondary N) is 2. The Hall–Kier alpha value is -0.870. The smallest absolute Gasteiger partial charge is 0.261 e. The number of hydrogen-bond donors (Lipinski definition) is 2. The van der Waals surface area contributed by atoms with Crippen molar-refractivity contribution in [2.45, 2.75) is 18.9 Å². The van der Waals surface area contributed by atoms with E-state index in [1.807, 2.05) is 17.5 Å². The van der Waals surface area contributed by atoms with Crippen LogP contribution in [0.5, 0.6) is 0 Å². The van der Waals surface area contributed by atoms with E-state index in [1.54, 1.807) is 0 Å². The summed E-state index contributed by atoms with van der Waals surface area (Å²) in [7, 11) is 0. The van der Waals surface area contributed by atoms with Gasteiger partial charge in [-0.1, -0.05) is 6.07 Å². The van der Waals surface area contributed by atoms with Gasteiger partial charge in [-0.15, -0.1) is 11.3 Å².